The van der Waals surface area contributed by atoms with E-state index in [1.54, 1.807) is 12.1 Å². The summed E-state index contributed by atoms with van der Waals surface area (Å²) in [4.78, 5) is 0.265. The highest BCUT2D eigenvalue weighted by Gasteiger charge is 2.53. The molecule has 1 fully saturated rings. The zero-order valence-corrected chi connectivity index (χ0v) is 17.2. The lowest BCUT2D eigenvalue weighted by molar-refractivity contribution is -0.155. The second kappa shape index (κ2) is 6.83. The molecule has 0 unspecified atom stereocenters. The Hall–Kier alpha value is -1.88. The van der Waals surface area contributed by atoms with Crippen LogP contribution in [0.5, 0.6) is 0 Å². The van der Waals surface area contributed by atoms with E-state index in [2.05, 4.69) is 14.4 Å². The summed E-state index contributed by atoms with van der Waals surface area (Å²) in [6.07, 6.45) is -4.03. The van der Waals surface area contributed by atoms with Gasteiger partial charge >= 0.3 is 6.18 Å². The van der Waals surface area contributed by atoms with Gasteiger partial charge in [0.15, 0.2) is 0 Å². The number of aromatic nitrogens is 1. The van der Waals surface area contributed by atoms with Crippen LogP contribution in [0.4, 0.5) is 13.2 Å². The van der Waals surface area contributed by atoms with E-state index in [-0.39, 0.29) is 26.2 Å². The molecule has 1 saturated carbocycles. The summed E-state index contributed by atoms with van der Waals surface area (Å²) in [6, 6.07) is 10.4. The van der Waals surface area contributed by atoms with Crippen LogP contribution in [-0.4, -0.2) is 19.6 Å². The Bertz CT molecular complexity index is 1160. The Labute approximate surface area is 173 Å². The molecule has 2 atom stereocenters. The zero-order chi connectivity index (χ0) is 21.0. The van der Waals surface area contributed by atoms with Crippen LogP contribution in [0.3, 0.4) is 0 Å². The minimum atomic E-state index is -4.66. The van der Waals surface area contributed by atoms with Crippen molar-refractivity contribution in [3.05, 3.63) is 58.8 Å². The Balaban J connectivity index is 1.51. The molecular weight excluding hydrogens is 449 g/mol. The average molecular weight is 463 g/mol. The van der Waals surface area contributed by atoms with Gasteiger partial charge in [-0.3, -0.25) is 0 Å². The molecule has 0 bridgehead atoms. The van der Waals surface area contributed by atoms with Crippen molar-refractivity contribution in [3.63, 3.8) is 0 Å². The lowest BCUT2D eigenvalue weighted by atomic mass is 9.98. The van der Waals surface area contributed by atoms with E-state index >= 15 is 0 Å². The first-order valence-electron chi connectivity index (χ1n) is 8.41. The third kappa shape index (κ3) is 3.94. The Kier molecular flexibility index (Phi) is 4.80. The zero-order valence-electron chi connectivity index (χ0n) is 14.8. The van der Waals surface area contributed by atoms with Gasteiger partial charge in [-0.2, -0.15) is 13.2 Å². The molecule has 1 aromatic carbocycles. The number of nitrogens with zero attached hydrogens (tertiary/aromatic N) is 1. The molecule has 0 aliphatic heterocycles. The number of hydrogen-bond donors (Lipinski definition) is 1. The summed E-state index contributed by atoms with van der Waals surface area (Å²) in [5.41, 5.74) is 0.566. The predicted octanol–water partition coefficient (Wildman–Crippen LogP) is 5.08. The highest BCUT2D eigenvalue weighted by atomic mass is 35.5. The molecule has 2 aromatic heterocycles. The van der Waals surface area contributed by atoms with Crippen LogP contribution in [0, 0.1) is 0 Å². The largest absolute Gasteiger partial charge is 0.452 e. The summed E-state index contributed by atoms with van der Waals surface area (Å²) in [5, 5.41) is 3.98. The molecule has 5 nitrogen and oxygen atoms in total. The van der Waals surface area contributed by atoms with Crippen molar-refractivity contribution < 1.29 is 26.1 Å². The first kappa shape index (κ1) is 20.4. The van der Waals surface area contributed by atoms with Gasteiger partial charge < -0.3 is 4.52 Å². The first-order chi connectivity index (χ1) is 13.5. The number of nitrogens with one attached hydrogen (secondary N) is 1. The van der Waals surface area contributed by atoms with Gasteiger partial charge in [0.25, 0.3) is 0 Å². The van der Waals surface area contributed by atoms with Gasteiger partial charge in [0, 0.05) is 22.5 Å². The van der Waals surface area contributed by atoms with E-state index in [1.165, 1.54) is 12.1 Å². The number of thiophene rings is 1. The maximum absolute atomic E-state index is 12.7. The molecule has 0 saturated heterocycles. The molecule has 3 aromatic rings. The van der Waals surface area contributed by atoms with Crippen LogP contribution in [0.2, 0.25) is 5.02 Å². The summed E-state index contributed by atoms with van der Waals surface area (Å²) >= 11 is 6.73. The molecular formula is C18H14ClF3N2O3S2. The summed E-state index contributed by atoms with van der Waals surface area (Å²) in [6.45, 7) is 1.96. The summed E-state index contributed by atoms with van der Waals surface area (Å²) < 4.78 is 70.4. The van der Waals surface area contributed by atoms with Crippen LogP contribution in [0.15, 0.2) is 51.2 Å². The Morgan fingerprint density at radius 1 is 1.24 bits per heavy atom. The smallest absolute Gasteiger partial charge is 0.351 e. The normalized spacial score (nSPS) is 22.0. The maximum atomic E-state index is 12.7. The van der Waals surface area contributed by atoms with Gasteiger partial charge in [-0.1, -0.05) is 35.8 Å². The highest BCUT2D eigenvalue weighted by molar-refractivity contribution is 7.91. The van der Waals surface area contributed by atoms with E-state index in [0.29, 0.717) is 11.4 Å². The number of alkyl halides is 3. The summed E-state index contributed by atoms with van der Waals surface area (Å²) in [7, 11) is -3.83. The number of hydrogen-bond acceptors (Lipinski definition) is 5. The van der Waals surface area contributed by atoms with Crippen molar-refractivity contribution in [2.24, 2.45) is 0 Å². The predicted molar refractivity (Wildman–Crippen MR) is 102 cm³/mol. The minimum Gasteiger partial charge on any atom is -0.351 e. The van der Waals surface area contributed by atoms with Gasteiger partial charge in [-0.25, -0.2) is 13.1 Å². The van der Waals surface area contributed by atoms with Crippen molar-refractivity contribution in [2.75, 3.05) is 0 Å². The lowest BCUT2D eigenvalue weighted by Gasteiger charge is -2.12. The Morgan fingerprint density at radius 2 is 1.93 bits per heavy atom. The Morgan fingerprint density at radius 3 is 2.55 bits per heavy atom. The van der Waals surface area contributed by atoms with Gasteiger partial charge in [0.05, 0.1) is 4.88 Å². The third-order valence-corrected chi connectivity index (χ3v) is 8.25. The number of halogens is 4. The van der Waals surface area contributed by atoms with Gasteiger partial charge in [0.1, 0.15) is 9.90 Å². The van der Waals surface area contributed by atoms with Gasteiger partial charge in [-0.05, 0) is 36.2 Å². The minimum absolute atomic E-state index is 0.00517. The number of sulfonamides is 1. The van der Waals surface area contributed by atoms with Crippen molar-refractivity contribution in [1.29, 1.82) is 0 Å². The molecule has 1 aliphatic carbocycles. The highest BCUT2D eigenvalue weighted by Crippen LogP contribution is 2.49. The van der Waals surface area contributed by atoms with E-state index in [1.807, 2.05) is 19.1 Å². The van der Waals surface area contributed by atoms with Crippen molar-refractivity contribution >= 4 is 33.0 Å². The number of rotatable bonds is 5. The van der Waals surface area contributed by atoms with Crippen LogP contribution in [-0.2, 0) is 21.6 Å². The molecule has 29 heavy (non-hydrogen) atoms. The first-order valence-corrected chi connectivity index (χ1v) is 11.1. The molecule has 154 valence electrons. The molecule has 2 heterocycles. The van der Waals surface area contributed by atoms with Crippen molar-refractivity contribution in [3.8, 4) is 10.6 Å². The molecule has 1 N–H and O–H groups in total. The molecule has 0 radical (unpaired) electrons. The van der Waals surface area contributed by atoms with E-state index in [4.69, 9.17) is 11.6 Å². The van der Waals surface area contributed by atoms with E-state index in [9.17, 15) is 21.6 Å². The maximum Gasteiger partial charge on any atom is 0.452 e. The SMILES string of the molecule is C[C@]1(c2ccc(Cl)cc2)C[C@@H]1NS(=O)(=O)c1ccc(-c2cc(C(F)(F)F)on2)s1. The van der Waals surface area contributed by atoms with Gasteiger partial charge in [-0.15, -0.1) is 11.3 Å². The van der Waals surface area contributed by atoms with E-state index in [0.717, 1.165) is 23.0 Å². The van der Waals surface area contributed by atoms with Crippen LogP contribution >= 0.6 is 22.9 Å². The summed E-state index contributed by atoms with van der Waals surface area (Å²) in [5.74, 6) is -1.24. The lowest BCUT2D eigenvalue weighted by Crippen LogP contribution is -2.29. The molecule has 1 aliphatic rings. The van der Waals surface area contributed by atoms with E-state index < -0.39 is 22.0 Å². The quantitative estimate of drug-likeness (QED) is 0.573. The third-order valence-electron chi connectivity index (χ3n) is 4.93. The van der Waals surface area contributed by atoms with Crippen LogP contribution in [0.25, 0.3) is 10.6 Å². The van der Waals surface area contributed by atoms with Crippen LogP contribution in [0.1, 0.15) is 24.7 Å². The second-order valence-electron chi connectivity index (χ2n) is 7.00. The number of benzene rings is 1. The monoisotopic (exact) mass is 462 g/mol. The fourth-order valence-corrected chi connectivity index (χ4v) is 5.81. The topological polar surface area (TPSA) is 72.2 Å². The van der Waals surface area contributed by atoms with Crippen LogP contribution < -0.4 is 4.72 Å². The fraction of sp³-hybridized carbons (Fsp3) is 0.278. The van der Waals surface area contributed by atoms with Crippen molar-refractivity contribution in [2.45, 2.75) is 35.2 Å². The second-order valence-corrected chi connectivity index (χ2v) is 10.5. The average Bonchev–Trinajstić information content (AvgIpc) is 3.06. The molecule has 0 spiro atoms. The molecule has 11 heteroatoms. The molecule has 4 rings (SSSR count). The molecule has 0 amide bonds. The fourth-order valence-electron chi connectivity index (χ4n) is 3.06. The standard InChI is InChI=1S/C18H14ClF3N2O3S2/c1-17(10-2-4-11(19)5-3-10)9-14(17)24-29(25,26)16-7-6-13(28-16)12-8-15(27-23-12)18(20,21)22/h2-8,14,24H,9H2,1H3/t14-,17+/m0/s1. The van der Waals surface area contributed by atoms with Crippen molar-refractivity contribution in [1.82, 2.24) is 9.88 Å². The van der Waals surface area contributed by atoms with Gasteiger partial charge in [0.2, 0.25) is 15.8 Å².